The quantitative estimate of drug-likeness (QED) is 0.708. The van der Waals surface area contributed by atoms with Crippen LogP contribution >= 0.6 is 0 Å². The van der Waals surface area contributed by atoms with Crippen LogP contribution in [0, 0.1) is 22.7 Å². The second kappa shape index (κ2) is 8.59. The van der Waals surface area contributed by atoms with Crippen LogP contribution in [0.2, 0.25) is 0 Å². The Kier molecular flexibility index (Phi) is 6.65. The van der Waals surface area contributed by atoms with Gasteiger partial charge in [0.15, 0.2) is 0 Å². The first-order valence-electron chi connectivity index (χ1n) is 8.33. The van der Waals surface area contributed by atoms with E-state index in [0.29, 0.717) is 16.0 Å². The largest absolute Gasteiger partial charge is 0.471 e. The molecule has 0 fully saturated rings. The minimum Gasteiger partial charge on any atom is -0.330 e. The van der Waals surface area contributed by atoms with Crippen LogP contribution in [0.4, 0.5) is 13.2 Å². The molecule has 0 spiro atoms. The third kappa shape index (κ3) is 4.80. The number of carbonyl (C=O) groups excluding carboxylic acids is 1. The number of hydrogen-bond donors (Lipinski definition) is 0. The maximum atomic E-state index is 12.9. The smallest absolute Gasteiger partial charge is 0.330 e. The lowest BCUT2D eigenvalue weighted by Gasteiger charge is -2.30. The first-order valence-corrected chi connectivity index (χ1v) is 9.77. The van der Waals surface area contributed by atoms with E-state index in [9.17, 15) is 26.4 Å². The number of fused-ring (bicyclic) bond motifs is 1. The molecule has 0 bridgehead atoms. The van der Waals surface area contributed by atoms with Crippen LogP contribution in [0.1, 0.15) is 24.0 Å². The van der Waals surface area contributed by atoms with E-state index in [1.54, 1.807) is 0 Å². The minimum absolute atomic E-state index is 0.0660. The number of halogens is 3. The molecule has 1 heterocycles. The van der Waals surface area contributed by atoms with Crippen molar-refractivity contribution in [1.29, 1.82) is 10.5 Å². The average Bonchev–Trinajstić information content (AvgIpc) is 2.65. The molecule has 1 aromatic carbocycles. The topological polar surface area (TPSA) is 105 Å². The van der Waals surface area contributed by atoms with Crippen molar-refractivity contribution in [2.24, 2.45) is 0 Å². The molecule has 11 heteroatoms. The van der Waals surface area contributed by atoms with Crippen LogP contribution in [0.5, 0.6) is 0 Å². The molecule has 0 aromatic heterocycles. The van der Waals surface area contributed by atoms with Gasteiger partial charge in [-0.25, -0.2) is 8.42 Å². The van der Waals surface area contributed by atoms with Crippen LogP contribution in [0.3, 0.4) is 0 Å². The van der Waals surface area contributed by atoms with Gasteiger partial charge < -0.3 is 4.90 Å². The normalized spacial score (nSPS) is 14.3. The zero-order chi connectivity index (χ0) is 20.9. The van der Waals surface area contributed by atoms with E-state index in [4.69, 9.17) is 10.5 Å². The molecular formula is C17H17F3N4O3S. The first-order chi connectivity index (χ1) is 13.1. The Morgan fingerprint density at radius 2 is 1.75 bits per heavy atom. The molecule has 1 amide bonds. The van der Waals surface area contributed by atoms with E-state index in [0.717, 1.165) is 4.31 Å². The van der Waals surface area contributed by atoms with Gasteiger partial charge in [0.25, 0.3) is 0 Å². The molecule has 28 heavy (non-hydrogen) atoms. The summed E-state index contributed by atoms with van der Waals surface area (Å²) < 4.78 is 64.7. The van der Waals surface area contributed by atoms with Crippen LogP contribution in [0.25, 0.3) is 0 Å². The minimum atomic E-state index is -4.99. The van der Waals surface area contributed by atoms with Gasteiger partial charge in [0.05, 0.1) is 17.0 Å². The summed E-state index contributed by atoms with van der Waals surface area (Å²) in [5.74, 6) is -1.96. The average molecular weight is 414 g/mol. The number of benzene rings is 1. The van der Waals surface area contributed by atoms with Crippen LogP contribution < -0.4 is 0 Å². The van der Waals surface area contributed by atoms with Gasteiger partial charge in [-0.15, -0.1) is 0 Å². The number of carbonyl (C=O) groups is 1. The maximum Gasteiger partial charge on any atom is 0.471 e. The summed E-state index contributed by atoms with van der Waals surface area (Å²) in [7, 11) is -4.04. The Bertz CT molecular complexity index is 914. The second-order valence-corrected chi connectivity index (χ2v) is 8.06. The summed E-state index contributed by atoms with van der Waals surface area (Å²) in [6.45, 7) is -0.645. The second-order valence-electron chi connectivity index (χ2n) is 6.13. The zero-order valence-electron chi connectivity index (χ0n) is 14.7. The fourth-order valence-electron chi connectivity index (χ4n) is 2.90. The van der Waals surface area contributed by atoms with E-state index in [1.807, 2.05) is 12.1 Å². The molecule has 2 rings (SSSR count). The Morgan fingerprint density at radius 3 is 2.29 bits per heavy atom. The van der Waals surface area contributed by atoms with Gasteiger partial charge in [-0.1, -0.05) is 6.07 Å². The number of rotatable bonds is 6. The van der Waals surface area contributed by atoms with Crippen molar-refractivity contribution in [1.82, 2.24) is 9.21 Å². The van der Waals surface area contributed by atoms with E-state index >= 15 is 0 Å². The van der Waals surface area contributed by atoms with Gasteiger partial charge in [0, 0.05) is 39.0 Å². The van der Waals surface area contributed by atoms with Crippen molar-refractivity contribution in [3.63, 3.8) is 0 Å². The highest BCUT2D eigenvalue weighted by Gasteiger charge is 2.43. The van der Waals surface area contributed by atoms with E-state index in [2.05, 4.69) is 0 Å². The molecule has 0 radical (unpaired) electrons. The molecule has 0 unspecified atom stereocenters. The van der Waals surface area contributed by atoms with Crippen molar-refractivity contribution in [2.45, 2.75) is 36.9 Å². The standard InChI is InChI=1S/C17H17F3N4O3S/c18-17(19,20)16(25)23-10-5-13-3-4-15(11-14(13)12-23)28(26,27)24(8-1-6-21)9-2-7-22/h3-4,11H,1-2,5,8-10,12H2. The molecule has 0 saturated heterocycles. The summed E-state index contributed by atoms with van der Waals surface area (Å²) >= 11 is 0. The SMILES string of the molecule is N#CCCN(CCC#N)S(=O)(=O)c1ccc2c(c1)CN(C(=O)C(F)(F)F)CC2. The lowest BCUT2D eigenvalue weighted by molar-refractivity contribution is -0.186. The highest BCUT2D eigenvalue weighted by atomic mass is 32.2. The van der Waals surface area contributed by atoms with Gasteiger partial charge >= 0.3 is 12.1 Å². The van der Waals surface area contributed by atoms with Gasteiger partial charge in [0.2, 0.25) is 10.0 Å². The molecule has 1 aromatic rings. The fraction of sp³-hybridized carbons (Fsp3) is 0.471. The lowest BCUT2D eigenvalue weighted by atomic mass is 10.00. The number of amides is 1. The Labute approximate surface area is 160 Å². The fourth-order valence-corrected chi connectivity index (χ4v) is 4.39. The predicted octanol–water partition coefficient (Wildman–Crippen LogP) is 1.95. The molecule has 0 saturated carbocycles. The molecule has 0 atom stereocenters. The maximum absolute atomic E-state index is 12.9. The molecule has 150 valence electrons. The van der Waals surface area contributed by atoms with E-state index in [1.165, 1.54) is 18.2 Å². The van der Waals surface area contributed by atoms with Crippen molar-refractivity contribution in [3.05, 3.63) is 29.3 Å². The summed E-state index contributed by atoms with van der Waals surface area (Å²) in [6, 6.07) is 7.80. The molecule has 1 aliphatic rings. The van der Waals surface area contributed by atoms with Crippen LogP contribution in [0.15, 0.2) is 23.1 Å². The first kappa shape index (κ1) is 21.7. The predicted molar refractivity (Wildman–Crippen MR) is 90.8 cm³/mol. The molecule has 0 aliphatic carbocycles. The molecular weight excluding hydrogens is 397 g/mol. The number of nitriles is 2. The lowest BCUT2D eigenvalue weighted by Crippen LogP contribution is -2.43. The van der Waals surface area contributed by atoms with Gasteiger partial charge in [0.1, 0.15) is 0 Å². The number of hydrogen-bond acceptors (Lipinski definition) is 5. The Balaban J connectivity index is 2.32. The van der Waals surface area contributed by atoms with Crippen molar-refractivity contribution in [3.8, 4) is 12.1 Å². The highest BCUT2D eigenvalue weighted by Crippen LogP contribution is 2.27. The highest BCUT2D eigenvalue weighted by molar-refractivity contribution is 7.89. The monoisotopic (exact) mass is 414 g/mol. The number of sulfonamides is 1. The van der Waals surface area contributed by atoms with E-state index < -0.39 is 22.1 Å². The Morgan fingerprint density at radius 1 is 1.14 bits per heavy atom. The van der Waals surface area contributed by atoms with Gasteiger partial charge in [-0.2, -0.15) is 28.0 Å². The summed E-state index contributed by atoms with van der Waals surface area (Å²) in [6.07, 6.45) is -4.94. The summed E-state index contributed by atoms with van der Waals surface area (Å²) in [5.41, 5.74) is 0.996. The summed E-state index contributed by atoms with van der Waals surface area (Å²) in [5, 5.41) is 17.4. The third-order valence-electron chi connectivity index (χ3n) is 4.30. The van der Waals surface area contributed by atoms with Gasteiger partial charge in [-0.05, 0) is 29.7 Å². The van der Waals surface area contributed by atoms with Crippen molar-refractivity contribution < 1.29 is 26.4 Å². The third-order valence-corrected chi connectivity index (χ3v) is 6.20. The van der Waals surface area contributed by atoms with Crippen molar-refractivity contribution in [2.75, 3.05) is 19.6 Å². The van der Waals surface area contributed by atoms with E-state index in [-0.39, 0.29) is 50.3 Å². The molecule has 1 aliphatic heterocycles. The molecule has 0 N–H and O–H groups in total. The van der Waals surface area contributed by atoms with Gasteiger partial charge in [-0.3, -0.25) is 4.79 Å². The van der Waals surface area contributed by atoms with Crippen LogP contribution in [-0.4, -0.2) is 49.3 Å². The number of nitrogens with zero attached hydrogens (tertiary/aromatic N) is 4. The summed E-state index contributed by atoms with van der Waals surface area (Å²) in [4.78, 5) is 12.0. The van der Waals surface area contributed by atoms with Crippen molar-refractivity contribution >= 4 is 15.9 Å². The molecule has 7 nitrogen and oxygen atoms in total. The number of alkyl halides is 3. The Hall–Kier alpha value is -2.63. The zero-order valence-corrected chi connectivity index (χ0v) is 15.6. The van der Waals surface area contributed by atoms with Crippen LogP contribution in [-0.2, 0) is 27.8 Å².